The quantitative estimate of drug-likeness (QED) is 0.511. The van der Waals surface area contributed by atoms with Crippen molar-refractivity contribution in [3.8, 4) is 0 Å². The summed E-state index contributed by atoms with van der Waals surface area (Å²) in [7, 11) is 0. The van der Waals surface area contributed by atoms with Crippen LogP contribution in [0.25, 0.3) is 0 Å². The first-order valence-electron chi connectivity index (χ1n) is 10.8. The fraction of sp³-hybridized carbons (Fsp3) is 0.348. The van der Waals surface area contributed by atoms with Gasteiger partial charge in [-0.1, -0.05) is 46.4 Å². The van der Waals surface area contributed by atoms with Crippen LogP contribution < -0.4 is 10.2 Å². The Hall–Kier alpha value is -1.97. The lowest BCUT2D eigenvalue weighted by molar-refractivity contribution is -0.135. The second-order valence-corrected chi connectivity index (χ2v) is 10.9. The van der Waals surface area contributed by atoms with E-state index in [9.17, 15) is 23.2 Å². The molecule has 3 amide bonds. The van der Waals surface area contributed by atoms with Crippen molar-refractivity contribution in [1.29, 1.82) is 0 Å². The highest BCUT2D eigenvalue weighted by molar-refractivity contribution is 6.38. The highest BCUT2D eigenvalue weighted by atomic mass is 35.5. The van der Waals surface area contributed by atoms with E-state index >= 15 is 0 Å². The van der Waals surface area contributed by atoms with Crippen molar-refractivity contribution in [2.24, 2.45) is 17.8 Å². The molecule has 0 radical (unpaired) electrons. The van der Waals surface area contributed by atoms with Gasteiger partial charge >= 0.3 is 0 Å². The molecule has 1 N–H and O–H groups in total. The topological polar surface area (TPSA) is 69.7 Å². The first-order chi connectivity index (χ1) is 16.5. The molecule has 3 fully saturated rings. The fourth-order valence-electron chi connectivity index (χ4n) is 6.37. The van der Waals surface area contributed by atoms with Crippen LogP contribution >= 0.6 is 46.4 Å². The predicted octanol–water partition coefficient (Wildman–Crippen LogP) is 5.22. The Morgan fingerprint density at radius 1 is 0.943 bits per heavy atom. The van der Waals surface area contributed by atoms with Crippen molar-refractivity contribution in [2.45, 2.75) is 24.4 Å². The summed E-state index contributed by atoms with van der Waals surface area (Å²) in [5.41, 5.74) is -1.00. The van der Waals surface area contributed by atoms with Gasteiger partial charge in [-0.3, -0.25) is 19.3 Å². The summed E-state index contributed by atoms with van der Waals surface area (Å²) >= 11 is 24.9. The van der Waals surface area contributed by atoms with E-state index in [2.05, 4.69) is 5.32 Å². The molecule has 4 aliphatic heterocycles. The molecular weight excluding hydrogens is 546 g/mol. The van der Waals surface area contributed by atoms with E-state index in [1.165, 1.54) is 30.3 Å². The standard InChI is InChI=1S/C23H15Cl4F2N3O3/c24-9-2-10(25)4-12(3-9)32-20(33)16-15-1-8(19(28)29)7-31(15)23(17(16)21(32)34)13-5-11(26)6-14(27)18(13)30-22(23)35/h2-6,8,15-17,19H,1,7H2,(H,30,35). The van der Waals surface area contributed by atoms with Crippen molar-refractivity contribution >= 4 is 75.5 Å². The number of hydrogen-bond donors (Lipinski definition) is 1. The zero-order valence-corrected chi connectivity index (χ0v) is 20.6. The van der Waals surface area contributed by atoms with E-state index in [1.807, 2.05) is 0 Å². The van der Waals surface area contributed by atoms with Gasteiger partial charge in [-0.15, -0.1) is 0 Å². The first kappa shape index (κ1) is 23.4. The third kappa shape index (κ3) is 3.01. The number of rotatable bonds is 2. The lowest BCUT2D eigenvalue weighted by atomic mass is 9.75. The highest BCUT2D eigenvalue weighted by Crippen LogP contribution is 2.62. The number of carbonyl (C=O) groups excluding carboxylic acids is 3. The summed E-state index contributed by atoms with van der Waals surface area (Å²) in [6, 6.07) is 6.48. The minimum atomic E-state index is -2.65. The van der Waals surface area contributed by atoms with Crippen LogP contribution in [-0.2, 0) is 19.9 Å². The van der Waals surface area contributed by atoms with E-state index in [4.69, 9.17) is 46.4 Å². The number of nitrogens with one attached hydrogen (secondary N) is 1. The van der Waals surface area contributed by atoms with Gasteiger partial charge < -0.3 is 5.32 Å². The van der Waals surface area contributed by atoms with Crippen LogP contribution in [0.4, 0.5) is 20.2 Å². The van der Waals surface area contributed by atoms with E-state index in [0.29, 0.717) is 5.56 Å². The zero-order valence-electron chi connectivity index (χ0n) is 17.6. The Bertz CT molecular complexity index is 1320. The summed E-state index contributed by atoms with van der Waals surface area (Å²) < 4.78 is 27.7. The maximum Gasteiger partial charge on any atom is 0.250 e. The number of anilines is 2. The second kappa shape index (κ2) is 7.76. The summed E-state index contributed by atoms with van der Waals surface area (Å²) in [5.74, 6) is -5.10. The lowest BCUT2D eigenvalue weighted by Gasteiger charge is -2.37. The van der Waals surface area contributed by atoms with Gasteiger partial charge in [0.05, 0.1) is 28.2 Å². The van der Waals surface area contributed by atoms with Gasteiger partial charge in [-0.25, -0.2) is 13.7 Å². The molecule has 35 heavy (non-hydrogen) atoms. The molecule has 12 heteroatoms. The van der Waals surface area contributed by atoms with Crippen LogP contribution in [0, 0.1) is 17.8 Å². The molecule has 2 aromatic carbocycles. The molecule has 5 atom stereocenters. The number of hydrogen-bond acceptors (Lipinski definition) is 4. The number of alkyl halides is 2. The smallest absolute Gasteiger partial charge is 0.250 e. The summed E-state index contributed by atoms with van der Waals surface area (Å²) in [4.78, 5) is 44.0. The molecule has 0 aliphatic carbocycles. The molecule has 6 nitrogen and oxygen atoms in total. The Kier molecular flexibility index (Phi) is 5.20. The fourth-order valence-corrected chi connectivity index (χ4v) is 7.43. The van der Waals surface area contributed by atoms with Crippen LogP contribution in [0.5, 0.6) is 0 Å². The largest absolute Gasteiger partial charge is 0.323 e. The Balaban J connectivity index is 1.58. The average Bonchev–Trinajstić information content (AvgIpc) is 3.44. The van der Waals surface area contributed by atoms with Crippen LogP contribution in [-0.4, -0.2) is 41.6 Å². The molecule has 0 bridgehead atoms. The van der Waals surface area contributed by atoms with Crippen LogP contribution in [0.1, 0.15) is 12.0 Å². The molecule has 6 rings (SSSR count). The maximum atomic E-state index is 14.0. The number of halogens is 6. The minimum absolute atomic E-state index is 0.0410. The van der Waals surface area contributed by atoms with Crippen LogP contribution in [0.15, 0.2) is 30.3 Å². The van der Waals surface area contributed by atoms with Crippen molar-refractivity contribution < 1.29 is 23.2 Å². The molecule has 182 valence electrons. The van der Waals surface area contributed by atoms with E-state index in [-0.39, 0.29) is 44.4 Å². The third-order valence-corrected chi connectivity index (χ3v) is 8.51. The van der Waals surface area contributed by atoms with Gasteiger partial charge in [0.15, 0.2) is 0 Å². The molecular formula is C23H15Cl4F2N3O3. The van der Waals surface area contributed by atoms with Crippen molar-refractivity contribution in [2.75, 3.05) is 16.8 Å². The Labute approximate surface area is 218 Å². The number of amides is 3. The molecule has 2 aromatic rings. The molecule has 4 aliphatic rings. The highest BCUT2D eigenvalue weighted by Gasteiger charge is 2.76. The molecule has 1 spiro atoms. The molecule has 4 heterocycles. The number of imide groups is 1. The number of carbonyl (C=O) groups is 3. The predicted molar refractivity (Wildman–Crippen MR) is 127 cm³/mol. The zero-order chi connectivity index (χ0) is 25.0. The first-order valence-corrected chi connectivity index (χ1v) is 12.3. The van der Waals surface area contributed by atoms with Gasteiger partial charge in [0, 0.05) is 39.1 Å². The molecule has 0 aromatic heterocycles. The Morgan fingerprint density at radius 2 is 1.60 bits per heavy atom. The number of benzene rings is 2. The summed E-state index contributed by atoms with van der Waals surface area (Å²) in [6.07, 6.45) is -2.70. The average molecular weight is 561 g/mol. The number of nitrogens with zero attached hydrogens (tertiary/aromatic N) is 2. The molecule has 0 saturated carbocycles. The third-order valence-electron chi connectivity index (χ3n) is 7.56. The van der Waals surface area contributed by atoms with E-state index in [0.717, 1.165) is 4.90 Å². The number of fused-ring (bicyclic) bond motifs is 7. The molecule has 5 unspecified atom stereocenters. The SMILES string of the molecule is O=C1C2C3CC(C(F)F)CN3C3(C(=O)Nc4c(Cl)cc(Cl)cc43)C2C(=O)N1c1cc(Cl)cc(Cl)c1. The van der Waals surface area contributed by atoms with Gasteiger partial charge in [-0.05, 0) is 36.8 Å². The normalized spacial score (nSPS) is 31.5. The summed E-state index contributed by atoms with van der Waals surface area (Å²) in [6.45, 7) is -0.157. The molecule has 3 saturated heterocycles. The van der Waals surface area contributed by atoms with Gasteiger partial charge in [0.2, 0.25) is 18.2 Å². The minimum Gasteiger partial charge on any atom is -0.323 e. The van der Waals surface area contributed by atoms with Gasteiger partial charge in [-0.2, -0.15) is 0 Å². The Morgan fingerprint density at radius 3 is 2.26 bits per heavy atom. The monoisotopic (exact) mass is 559 g/mol. The maximum absolute atomic E-state index is 14.0. The van der Waals surface area contributed by atoms with Gasteiger partial charge in [0.25, 0.3) is 5.91 Å². The lowest BCUT2D eigenvalue weighted by Crippen LogP contribution is -2.54. The van der Waals surface area contributed by atoms with Crippen molar-refractivity contribution in [3.05, 3.63) is 56.0 Å². The van der Waals surface area contributed by atoms with Crippen molar-refractivity contribution in [1.82, 2.24) is 4.90 Å². The summed E-state index contributed by atoms with van der Waals surface area (Å²) in [5, 5.41) is 3.50. The van der Waals surface area contributed by atoms with Crippen molar-refractivity contribution in [3.63, 3.8) is 0 Å². The second-order valence-electron chi connectivity index (χ2n) is 9.22. The van der Waals surface area contributed by atoms with E-state index < -0.39 is 53.5 Å². The van der Waals surface area contributed by atoms with E-state index in [1.54, 1.807) is 4.90 Å². The van der Waals surface area contributed by atoms with Crippen LogP contribution in [0.2, 0.25) is 20.1 Å². The van der Waals surface area contributed by atoms with Gasteiger partial charge in [0.1, 0.15) is 5.54 Å². The van der Waals surface area contributed by atoms with Crippen LogP contribution in [0.3, 0.4) is 0 Å².